The smallest absolute Gasteiger partial charge is 0.254 e. The molecule has 1 aromatic rings. The Kier molecular flexibility index (Phi) is 2.68. The largest absolute Gasteiger partial charge is 0.332 e. The summed E-state index contributed by atoms with van der Waals surface area (Å²) in [4.78, 5) is 10.6. The van der Waals surface area contributed by atoms with E-state index in [0.29, 0.717) is 5.69 Å². The molecule has 0 aliphatic heterocycles. The highest BCUT2D eigenvalue weighted by atomic mass is 35.5. The first-order valence-electron chi connectivity index (χ1n) is 2.94. The second-order valence-corrected chi connectivity index (χ2v) is 2.57. The van der Waals surface area contributed by atoms with Crippen LogP contribution in [0.15, 0.2) is 30.3 Å². The Bertz CT molecular complexity index is 252. The van der Waals surface area contributed by atoms with Crippen LogP contribution < -0.4 is 4.42 Å². The van der Waals surface area contributed by atoms with E-state index in [-0.39, 0.29) is 0 Å². The van der Waals surface area contributed by atoms with Gasteiger partial charge in [0.2, 0.25) is 0 Å². The summed E-state index contributed by atoms with van der Waals surface area (Å²) in [5, 5.41) is -0.599. The Hall–Kier alpha value is -0.800. The Balaban J connectivity index is 2.85. The molecule has 0 saturated carbocycles. The van der Waals surface area contributed by atoms with Gasteiger partial charge >= 0.3 is 5.24 Å². The number of nitrogens with zero attached hydrogens (tertiary/aromatic N) is 1. The zero-order chi connectivity index (χ0) is 8.27. The highest BCUT2D eigenvalue weighted by molar-refractivity contribution is 7.97. The number of rotatable bonds is 1. The monoisotopic (exact) mass is 186 g/mol. The number of halogens is 1. The summed E-state index contributed by atoms with van der Waals surface area (Å²) in [5.74, 6) is 0. The van der Waals surface area contributed by atoms with Gasteiger partial charge < -0.3 is 0 Å². The van der Waals surface area contributed by atoms with Gasteiger partial charge in [-0.3, -0.25) is 4.79 Å². The predicted molar refractivity (Wildman–Crippen MR) is 47.8 cm³/mol. The quantitative estimate of drug-likeness (QED) is 0.618. The topological polar surface area (TPSA) is 20.3 Å². The second kappa shape index (κ2) is 3.55. The summed E-state index contributed by atoms with van der Waals surface area (Å²) in [6.07, 6.45) is 0. The van der Waals surface area contributed by atoms with E-state index in [0.717, 1.165) is 4.42 Å². The van der Waals surface area contributed by atoms with Crippen molar-refractivity contribution < 1.29 is 4.79 Å². The molecule has 11 heavy (non-hydrogen) atoms. The van der Waals surface area contributed by atoms with E-state index in [9.17, 15) is 4.79 Å². The molecule has 4 heteroatoms. The molecular weight excluding hydrogens is 182 g/mol. The van der Waals surface area contributed by atoms with Crippen molar-refractivity contribution >= 4 is 35.3 Å². The first-order chi connectivity index (χ1) is 5.22. The van der Waals surface area contributed by atoms with Crippen molar-refractivity contribution in [2.75, 3.05) is 4.42 Å². The predicted octanol–water partition coefficient (Wildman–Crippen LogP) is 2.96. The van der Waals surface area contributed by atoms with Gasteiger partial charge in [-0.05, 0) is 24.8 Å². The normalized spacial score (nSPS) is 9.18. The molecule has 1 aromatic carbocycles. The molecule has 0 atom stereocenters. The van der Waals surface area contributed by atoms with E-state index < -0.39 is 5.24 Å². The van der Waals surface area contributed by atoms with E-state index in [2.05, 4.69) is 12.6 Å². The molecule has 1 amide bonds. The Labute approximate surface area is 75.3 Å². The minimum absolute atomic E-state index is 0.592. The zero-order valence-corrected chi connectivity index (χ0v) is 7.10. The van der Waals surface area contributed by atoms with E-state index in [1.165, 1.54) is 0 Å². The minimum atomic E-state index is -0.599. The van der Waals surface area contributed by atoms with Crippen molar-refractivity contribution in [2.24, 2.45) is 0 Å². The van der Waals surface area contributed by atoms with Crippen molar-refractivity contribution in [3.05, 3.63) is 30.3 Å². The highest BCUT2D eigenvalue weighted by Gasteiger charge is 2.07. The number of hydrogen-bond donors (Lipinski definition) is 0. The number of benzene rings is 1. The van der Waals surface area contributed by atoms with Gasteiger partial charge in [-0.1, -0.05) is 18.2 Å². The summed E-state index contributed by atoms with van der Waals surface area (Å²) in [5.41, 5.74) is 0.592. The van der Waals surface area contributed by atoms with Gasteiger partial charge in [0.15, 0.2) is 0 Å². The molecule has 57 valence electrons. The van der Waals surface area contributed by atoms with Crippen LogP contribution in [0.1, 0.15) is 0 Å². The standard InChI is InChI=1S/C7H5ClNOS/c8-9(7(10)11)6-4-2-1-3-5-6/h1-5H. The van der Waals surface area contributed by atoms with Gasteiger partial charge in [-0.15, -0.1) is 0 Å². The highest BCUT2D eigenvalue weighted by Crippen LogP contribution is 2.16. The molecular formula is C7H5ClNOS. The van der Waals surface area contributed by atoms with Crippen molar-refractivity contribution in [2.45, 2.75) is 0 Å². The molecule has 2 nitrogen and oxygen atoms in total. The molecule has 0 N–H and O–H groups in total. The van der Waals surface area contributed by atoms with Crippen LogP contribution >= 0.6 is 24.4 Å². The molecule has 0 saturated heterocycles. The van der Waals surface area contributed by atoms with Gasteiger partial charge in [0.25, 0.3) is 0 Å². The molecule has 0 fully saturated rings. The summed E-state index contributed by atoms with van der Waals surface area (Å²) in [6.45, 7) is 0. The van der Waals surface area contributed by atoms with Crippen LogP contribution in [-0.4, -0.2) is 5.24 Å². The van der Waals surface area contributed by atoms with Gasteiger partial charge in [0.05, 0.1) is 5.69 Å². The number of para-hydroxylation sites is 1. The first-order valence-corrected chi connectivity index (χ1v) is 3.68. The SMILES string of the molecule is O=C([S])N(Cl)c1ccccc1. The van der Waals surface area contributed by atoms with Crippen molar-refractivity contribution in [3.63, 3.8) is 0 Å². The molecule has 0 heterocycles. The van der Waals surface area contributed by atoms with E-state index in [1.807, 2.05) is 6.07 Å². The second-order valence-electron chi connectivity index (χ2n) is 1.88. The van der Waals surface area contributed by atoms with E-state index in [4.69, 9.17) is 11.8 Å². The van der Waals surface area contributed by atoms with Crippen molar-refractivity contribution in [1.82, 2.24) is 0 Å². The molecule has 0 aliphatic rings. The van der Waals surface area contributed by atoms with Crippen LogP contribution in [-0.2, 0) is 0 Å². The van der Waals surface area contributed by atoms with Crippen LogP contribution in [0.5, 0.6) is 0 Å². The van der Waals surface area contributed by atoms with Crippen LogP contribution in [0.4, 0.5) is 10.5 Å². The number of amides is 1. The fourth-order valence-electron chi connectivity index (χ4n) is 0.664. The van der Waals surface area contributed by atoms with Crippen LogP contribution in [0.3, 0.4) is 0 Å². The number of carbonyl (C=O) groups excluding carboxylic acids is 1. The third-order valence-corrected chi connectivity index (χ3v) is 1.77. The van der Waals surface area contributed by atoms with Crippen molar-refractivity contribution in [1.29, 1.82) is 0 Å². The van der Waals surface area contributed by atoms with Crippen LogP contribution in [0.2, 0.25) is 0 Å². The lowest BCUT2D eigenvalue weighted by Gasteiger charge is -2.07. The zero-order valence-electron chi connectivity index (χ0n) is 5.53. The number of anilines is 1. The third-order valence-electron chi connectivity index (χ3n) is 1.14. The number of carbonyl (C=O) groups is 1. The van der Waals surface area contributed by atoms with Gasteiger partial charge in [0, 0.05) is 11.8 Å². The molecule has 0 aromatic heterocycles. The van der Waals surface area contributed by atoms with Crippen LogP contribution in [0, 0.1) is 0 Å². The Morgan fingerprint density at radius 3 is 2.36 bits per heavy atom. The Morgan fingerprint density at radius 2 is 1.91 bits per heavy atom. The maximum Gasteiger partial charge on any atom is 0.332 e. The van der Waals surface area contributed by atoms with Gasteiger partial charge in [-0.25, -0.2) is 4.42 Å². The molecule has 0 bridgehead atoms. The lowest BCUT2D eigenvalue weighted by Crippen LogP contribution is -2.12. The van der Waals surface area contributed by atoms with E-state index in [1.54, 1.807) is 24.3 Å². The van der Waals surface area contributed by atoms with Gasteiger partial charge in [-0.2, -0.15) is 0 Å². The lowest BCUT2D eigenvalue weighted by atomic mass is 10.3. The third kappa shape index (κ3) is 2.06. The first kappa shape index (κ1) is 8.30. The molecule has 1 radical (unpaired) electrons. The molecule has 0 spiro atoms. The molecule has 1 rings (SSSR count). The van der Waals surface area contributed by atoms with Crippen LogP contribution in [0.25, 0.3) is 0 Å². The average Bonchev–Trinajstić information content (AvgIpc) is 2.05. The molecule has 0 aliphatic carbocycles. The maximum absolute atomic E-state index is 10.6. The summed E-state index contributed by atoms with van der Waals surface area (Å²) in [6, 6.07) is 8.81. The summed E-state index contributed by atoms with van der Waals surface area (Å²) in [7, 11) is 0. The summed E-state index contributed by atoms with van der Waals surface area (Å²) >= 11 is 9.86. The summed E-state index contributed by atoms with van der Waals surface area (Å²) < 4.78 is 0.898. The average molecular weight is 187 g/mol. The fraction of sp³-hybridized carbons (Fsp3) is 0. The maximum atomic E-state index is 10.6. The molecule has 0 unspecified atom stereocenters. The fourth-order valence-corrected chi connectivity index (χ4v) is 0.882. The lowest BCUT2D eigenvalue weighted by molar-refractivity contribution is 0.268. The Morgan fingerprint density at radius 1 is 1.36 bits per heavy atom. The van der Waals surface area contributed by atoms with Crippen molar-refractivity contribution in [3.8, 4) is 0 Å². The van der Waals surface area contributed by atoms with E-state index >= 15 is 0 Å². The minimum Gasteiger partial charge on any atom is -0.254 e. The van der Waals surface area contributed by atoms with Gasteiger partial charge in [0.1, 0.15) is 0 Å². The number of hydrogen-bond acceptors (Lipinski definition) is 1.